The molecule has 1 amide bonds. The van der Waals surface area contributed by atoms with Crippen molar-refractivity contribution in [2.75, 3.05) is 52.9 Å². The molecule has 0 aromatic heterocycles. The van der Waals surface area contributed by atoms with E-state index in [2.05, 4.69) is 5.32 Å². The molecule has 1 rings (SSSR count). The van der Waals surface area contributed by atoms with E-state index in [1.165, 1.54) is 0 Å². The maximum absolute atomic E-state index is 12.7. The Kier molecular flexibility index (Phi) is 8.12. The molecule has 118 valence electrons. The first-order valence-electron chi connectivity index (χ1n) is 6.88. The summed E-state index contributed by atoms with van der Waals surface area (Å²) in [7, 11) is 5.05. The van der Waals surface area contributed by atoms with Gasteiger partial charge in [-0.1, -0.05) is 11.6 Å². The van der Waals surface area contributed by atoms with Crippen molar-refractivity contribution in [1.82, 2.24) is 4.90 Å². The van der Waals surface area contributed by atoms with Gasteiger partial charge in [-0.05, 0) is 24.6 Å². The van der Waals surface area contributed by atoms with Crippen LogP contribution in [0.5, 0.6) is 0 Å². The number of hydrogen-bond acceptors (Lipinski definition) is 4. The van der Waals surface area contributed by atoms with Gasteiger partial charge in [0.1, 0.15) is 0 Å². The zero-order chi connectivity index (χ0) is 15.7. The Morgan fingerprint density at radius 2 is 1.95 bits per heavy atom. The van der Waals surface area contributed by atoms with Crippen LogP contribution in [0.15, 0.2) is 18.2 Å². The van der Waals surface area contributed by atoms with Crippen LogP contribution in [0.1, 0.15) is 16.8 Å². The molecule has 0 saturated heterocycles. The quantitative estimate of drug-likeness (QED) is 0.712. The van der Waals surface area contributed by atoms with E-state index in [-0.39, 0.29) is 5.91 Å². The largest absolute Gasteiger partial charge is 0.387 e. The number of carbonyl (C=O) groups is 1. The van der Waals surface area contributed by atoms with Gasteiger partial charge < -0.3 is 19.7 Å². The third-order valence-corrected chi connectivity index (χ3v) is 3.35. The highest BCUT2D eigenvalue weighted by molar-refractivity contribution is 6.31. The van der Waals surface area contributed by atoms with Crippen molar-refractivity contribution in [2.24, 2.45) is 0 Å². The predicted molar refractivity (Wildman–Crippen MR) is 85.3 cm³/mol. The van der Waals surface area contributed by atoms with Crippen molar-refractivity contribution < 1.29 is 14.3 Å². The molecule has 5 nitrogen and oxygen atoms in total. The van der Waals surface area contributed by atoms with E-state index in [4.69, 9.17) is 21.1 Å². The number of hydrogen-bond donors (Lipinski definition) is 1. The molecule has 0 heterocycles. The Balaban J connectivity index is 2.89. The second kappa shape index (κ2) is 9.60. The first-order valence-corrected chi connectivity index (χ1v) is 7.26. The lowest BCUT2D eigenvalue weighted by atomic mass is 10.1. The van der Waals surface area contributed by atoms with Gasteiger partial charge in [0, 0.05) is 51.7 Å². The summed E-state index contributed by atoms with van der Waals surface area (Å²) in [5, 5.41) is 3.56. The number of rotatable bonds is 9. The van der Waals surface area contributed by atoms with Crippen molar-refractivity contribution in [3.05, 3.63) is 28.8 Å². The number of amides is 1. The average molecular weight is 315 g/mol. The highest BCUT2D eigenvalue weighted by Gasteiger charge is 2.18. The number of halogens is 1. The summed E-state index contributed by atoms with van der Waals surface area (Å²) in [6.07, 6.45) is 0.779. The minimum absolute atomic E-state index is 0.0602. The van der Waals surface area contributed by atoms with E-state index in [9.17, 15) is 4.79 Å². The molecule has 1 aromatic rings. The first-order chi connectivity index (χ1) is 10.1. The SMILES string of the molecule is CNc1ccc(Cl)cc1C(=O)N(CCCOC)CCOC. The van der Waals surface area contributed by atoms with E-state index in [0.717, 1.165) is 12.1 Å². The van der Waals surface area contributed by atoms with Crippen LogP contribution >= 0.6 is 11.6 Å². The molecule has 0 radical (unpaired) electrons. The molecule has 1 N–H and O–H groups in total. The Bertz CT molecular complexity index is 455. The fourth-order valence-electron chi connectivity index (χ4n) is 2.00. The lowest BCUT2D eigenvalue weighted by Crippen LogP contribution is -2.35. The lowest BCUT2D eigenvalue weighted by Gasteiger charge is -2.23. The van der Waals surface area contributed by atoms with Crippen LogP contribution in [0.4, 0.5) is 5.69 Å². The van der Waals surface area contributed by atoms with Crippen molar-refractivity contribution in [3.63, 3.8) is 0 Å². The average Bonchev–Trinajstić information content (AvgIpc) is 2.50. The molecule has 0 bridgehead atoms. The Labute approximate surface area is 131 Å². The van der Waals surface area contributed by atoms with Gasteiger partial charge in [0.15, 0.2) is 0 Å². The fraction of sp³-hybridized carbons (Fsp3) is 0.533. The Morgan fingerprint density at radius 3 is 2.57 bits per heavy atom. The third-order valence-electron chi connectivity index (χ3n) is 3.11. The summed E-state index contributed by atoms with van der Waals surface area (Å²) in [6, 6.07) is 5.25. The zero-order valence-electron chi connectivity index (χ0n) is 12.8. The molecule has 0 aliphatic rings. The third kappa shape index (κ3) is 5.53. The first kappa shape index (κ1) is 17.8. The van der Waals surface area contributed by atoms with Gasteiger partial charge in [-0.3, -0.25) is 4.79 Å². The Morgan fingerprint density at radius 1 is 1.24 bits per heavy atom. The standard InChI is InChI=1S/C15H23ClN2O3/c1-17-14-6-5-12(16)11-13(14)15(19)18(8-10-21-3)7-4-9-20-2/h5-6,11,17H,4,7-10H2,1-3H3. The highest BCUT2D eigenvalue weighted by Crippen LogP contribution is 2.22. The molecule has 0 atom stereocenters. The summed E-state index contributed by atoms with van der Waals surface area (Å²) < 4.78 is 10.1. The minimum Gasteiger partial charge on any atom is -0.387 e. The molecule has 0 aliphatic carbocycles. The van der Waals surface area contributed by atoms with E-state index in [0.29, 0.717) is 36.9 Å². The normalized spacial score (nSPS) is 10.5. The molecular formula is C15H23ClN2O3. The zero-order valence-corrected chi connectivity index (χ0v) is 13.6. The van der Waals surface area contributed by atoms with Crippen molar-refractivity contribution in [2.45, 2.75) is 6.42 Å². The molecule has 6 heteroatoms. The Hall–Kier alpha value is -1.30. The summed E-state index contributed by atoms with van der Waals surface area (Å²) in [6.45, 7) is 2.26. The van der Waals surface area contributed by atoms with E-state index < -0.39 is 0 Å². The smallest absolute Gasteiger partial charge is 0.256 e. The van der Waals surface area contributed by atoms with Crippen molar-refractivity contribution in [3.8, 4) is 0 Å². The molecule has 0 spiro atoms. The molecule has 0 fully saturated rings. The summed E-state index contributed by atoms with van der Waals surface area (Å²) >= 11 is 6.01. The highest BCUT2D eigenvalue weighted by atomic mass is 35.5. The van der Waals surface area contributed by atoms with E-state index >= 15 is 0 Å². The maximum atomic E-state index is 12.7. The fourth-order valence-corrected chi connectivity index (χ4v) is 2.17. The number of methoxy groups -OCH3 is 2. The van der Waals surface area contributed by atoms with Gasteiger partial charge in [0.05, 0.1) is 12.2 Å². The number of nitrogens with zero attached hydrogens (tertiary/aromatic N) is 1. The number of carbonyl (C=O) groups excluding carboxylic acids is 1. The number of anilines is 1. The molecule has 0 aliphatic heterocycles. The van der Waals surface area contributed by atoms with Crippen molar-refractivity contribution >= 4 is 23.2 Å². The topological polar surface area (TPSA) is 50.8 Å². The van der Waals surface area contributed by atoms with Crippen molar-refractivity contribution in [1.29, 1.82) is 0 Å². The van der Waals surface area contributed by atoms with Gasteiger partial charge >= 0.3 is 0 Å². The van der Waals surface area contributed by atoms with Crippen LogP contribution in [0, 0.1) is 0 Å². The lowest BCUT2D eigenvalue weighted by molar-refractivity contribution is 0.0675. The number of ether oxygens (including phenoxy) is 2. The van der Waals surface area contributed by atoms with Crippen LogP contribution in [0.2, 0.25) is 5.02 Å². The number of nitrogens with one attached hydrogen (secondary N) is 1. The monoisotopic (exact) mass is 314 g/mol. The molecule has 0 unspecified atom stereocenters. The van der Waals surface area contributed by atoms with Crippen LogP contribution in [0.25, 0.3) is 0 Å². The van der Waals surface area contributed by atoms with Gasteiger partial charge in [0.25, 0.3) is 5.91 Å². The van der Waals surface area contributed by atoms with Crippen LogP contribution < -0.4 is 5.32 Å². The summed E-state index contributed by atoms with van der Waals surface area (Å²) in [4.78, 5) is 14.5. The summed E-state index contributed by atoms with van der Waals surface area (Å²) in [5.41, 5.74) is 1.33. The molecule has 0 saturated carbocycles. The van der Waals surface area contributed by atoms with Gasteiger partial charge in [-0.15, -0.1) is 0 Å². The predicted octanol–water partition coefficient (Wildman–Crippen LogP) is 2.51. The molecule has 21 heavy (non-hydrogen) atoms. The second-order valence-corrected chi connectivity index (χ2v) is 5.01. The second-order valence-electron chi connectivity index (χ2n) is 4.57. The summed E-state index contributed by atoms with van der Waals surface area (Å²) in [5.74, 6) is -0.0602. The maximum Gasteiger partial charge on any atom is 0.256 e. The molecule has 1 aromatic carbocycles. The minimum atomic E-state index is -0.0602. The van der Waals surface area contributed by atoms with Crippen LogP contribution in [-0.2, 0) is 9.47 Å². The number of benzene rings is 1. The van der Waals surface area contributed by atoms with Gasteiger partial charge in [-0.2, -0.15) is 0 Å². The van der Waals surface area contributed by atoms with Gasteiger partial charge in [0.2, 0.25) is 0 Å². The van der Waals surface area contributed by atoms with Crippen LogP contribution in [-0.4, -0.2) is 58.4 Å². The molecular weight excluding hydrogens is 292 g/mol. The van der Waals surface area contributed by atoms with Gasteiger partial charge in [-0.25, -0.2) is 0 Å². The van der Waals surface area contributed by atoms with Crippen LogP contribution in [0.3, 0.4) is 0 Å². The van der Waals surface area contributed by atoms with E-state index in [1.54, 1.807) is 44.4 Å². The van der Waals surface area contributed by atoms with E-state index in [1.807, 2.05) is 0 Å².